The van der Waals surface area contributed by atoms with Crippen LogP contribution in [0.2, 0.25) is 0 Å². The number of nitrogens with one attached hydrogen (secondary N) is 4. The van der Waals surface area contributed by atoms with E-state index in [-0.39, 0.29) is 17.0 Å². The lowest BCUT2D eigenvalue weighted by Gasteiger charge is -2.36. The second-order valence-corrected chi connectivity index (χ2v) is 10.9. The number of hydrogen-bond donors (Lipinski definition) is 6. The summed E-state index contributed by atoms with van der Waals surface area (Å²) in [6, 6.07) is 12.5. The zero-order chi connectivity index (χ0) is 27.2. The molecule has 2 unspecified atom stereocenters. The molecule has 2 heterocycles. The molecule has 38 heavy (non-hydrogen) atoms. The molecular formula is C25H32N6O6S. The predicted octanol–water partition coefficient (Wildman–Crippen LogP) is 0.0758. The number of hydrogen-bond acceptors (Lipinski definition) is 9. The molecule has 0 radical (unpaired) electrons. The largest absolute Gasteiger partial charge is 0.480 e. The third-order valence-corrected chi connectivity index (χ3v) is 7.92. The summed E-state index contributed by atoms with van der Waals surface area (Å²) >= 11 is 0. The molecule has 0 bridgehead atoms. The number of aliphatic hydroxyl groups is 1. The summed E-state index contributed by atoms with van der Waals surface area (Å²) in [5.41, 5.74) is -0.295. The number of benzene rings is 2. The van der Waals surface area contributed by atoms with Crippen LogP contribution in [-0.4, -0.2) is 81.0 Å². The van der Waals surface area contributed by atoms with Gasteiger partial charge in [-0.2, -0.15) is 4.72 Å². The van der Waals surface area contributed by atoms with Gasteiger partial charge in [-0.15, -0.1) is 0 Å². The highest BCUT2D eigenvalue weighted by Crippen LogP contribution is 2.32. The summed E-state index contributed by atoms with van der Waals surface area (Å²) in [6.45, 7) is 1.92. The van der Waals surface area contributed by atoms with Gasteiger partial charge in [0.25, 0.3) is 5.91 Å². The predicted molar refractivity (Wildman–Crippen MR) is 141 cm³/mol. The number of sulfonamides is 1. The summed E-state index contributed by atoms with van der Waals surface area (Å²) in [5.74, 6) is -1.34. The molecule has 0 saturated carbocycles. The van der Waals surface area contributed by atoms with E-state index in [2.05, 4.69) is 25.7 Å². The quantitative estimate of drug-likeness (QED) is 0.242. The number of carboxylic acid groups (broad SMARTS) is 1. The Morgan fingerprint density at radius 2 is 1.92 bits per heavy atom. The molecule has 1 fully saturated rings. The second-order valence-electron chi connectivity index (χ2n) is 9.19. The van der Waals surface area contributed by atoms with Gasteiger partial charge in [-0.3, -0.25) is 14.6 Å². The summed E-state index contributed by atoms with van der Waals surface area (Å²) in [6.07, 6.45) is 2.25. The Morgan fingerprint density at radius 1 is 1.13 bits per heavy atom. The molecule has 2 aromatic rings. The fourth-order valence-electron chi connectivity index (χ4n) is 4.44. The van der Waals surface area contributed by atoms with Crippen LogP contribution in [0.3, 0.4) is 0 Å². The molecule has 1 saturated heterocycles. The summed E-state index contributed by atoms with van der Waals surface area (Å²) in [4.78, 5) is 30.7. The minimum Gasteiger partial charge on any atom is -0.480 e. The van der Waals surface area contributed by atoms with E-state index in [4.69, 9.17) is 0 Å². The number of rotatable bonds is 10. The number of aliphatic carboxylic acids is 1. The van der Waals surface area contributed by atoms with Crippen LogP contribution in [0.15, 0.2) is 64.5 Å². The average Bonchev–Trinajstić information content (AvgIpc) is 3.32. The van der Waals surface area contributed by atoms with Crippen molar-refractivity contribution < 1.29 is 28.2 Å². The number of aliphatic imine (C=N–C) groups is 1. The third kappa shape index (κ3) is 6.60. The van der Waals surface area contributed by atoms with Crippen molar-refractivity contribution >= 4 is 33.5 Å². The van der Waals surface area contributed by atoms with Gasteiger partial charge in [0.05, 0.1) is 11.4 Å². The molecule has 6 N–H and O–H groups in total. The minimum absolute atomic E-state index is 0.0794. The second kappa shape index (κ2) is 11.8. The van der Waals surface area contributed by atoms with Crippen molar-refractivity contribution in [3.63, 3.8) is 0 Å². The van der Waals surface area contributed by atoms with Crippen LogP contribution >= 0.6 is 0 Å². The van der Waals surface area contributed by atoms with Crippen LogP contribution in [0, 0.1) is 0 Å². The summed E-state index contributed by atoms with van der Waals surface area (Å²) in [7, 11) is -4.10. The van der Waals surface area contributed by atoms with Gasteiger partial charge < -0.3 is 31.1 Å². The third-order valence-electron chi connectivity index (χ3n) is 6.43. The topological polar surface area (TPSA) is 172 Å². The normalized spacial score (nSPS) is 20.2. The molecule has 2 aliphatic rings. The Bertz CT molecular complexity index is 1290. The molecule has 13 heteroatoms. The van der Waals surface area contributed by atoms with Crippen LogP contribution in [0.25, 0.3) is 0 Å². The van der Waals surface area contributed by atoms with Gasteiger partial charge in [-0.1, -0.05) is 24.3 Å². The first kappa shape index (κ1) is 27.4. The zero-order valence-corrected chi connectivity index (χ0v) is 21.6. The number of nitrogens with zero attached hydrogens (tertiary/aromatic N) is 2. The van der Waals surface area contributed by atoms with Gasteiger partial charge in [0, 0.05) is 37.4 Å². The lowest BCUT2D eigenvalue weighted by molar-refractivity contribution is -0.138. The average molecular weight is 545 g/mol. The van der Waals surface area contributed by atoms with Crippen molar-refractivity contribution in [1.82, 2.24) is 20.7 Å². The first-order valence-electron chi connectivity index (χ1n) is 12.4. The molecule has 0 aliphatic carbocycles. The van der Waals surface area contributed by atoms with E-state index < -0.39 is 40.2 Å². The molecule has 12 nitrogen and oxygen atoms in total. The van der Waals surface area contributed by atoms with E-state index in [0.717, 1.165) is 25.9 Å². The van der Waals surface area contributed by atoms with Gasteiger partial charge in [-0.05, 0) is 49.6 Å². The van der Waals surface area contributed by atoms with Crippen molar-refractivity contribution in [3.8, 4) is 0 Å². The molecule has 0 aromatic heterocycles. The fraction of sp³-hybridized carbons (Fsp3) is 0.400. The van der Waals surface area contributed by atoms with Crippen LogP contribution in [0.5, 0.6) is 0 Å². The highest BCUT2D eigenvalue weighted by atomic mass is 32.2. The molecular weight excluding hydrogens is 512 g/mol. The molecule has 2 aromatic carbocycles. The van der Waals surface area contributed by atoms with Gasteiger partial charge in [0.2, 0.25) is 10.0 Å². The van der Waals surface area contributed by atoms with E-state index >= 15 is 0 Å². The Hall–Kier alpha value is -3.68. The van der Waals surface area contributed by atoms with Gasteiger partial charge in [-0.25, -0.2) is 8.42 Å². The highest BCUT2D eigenvalue weighted by Gasteiger charge is 2.39. The van der Waals surface area contributed by atoms with E-state index in [1.54, 1.807) is 30.3 Å². The van der Waals surface area contributed by atoms with E-state index in [9.17, 15) is 28.2 Å². The van der Waals surface area contributed by atoms with Gasteiger partial charge >= 0.3 is 5.97 Å². The van der Waals surface area contributed by atoms with Crippen LogP contribution in [-0.2, 0) is 14.8 Å². The lowest BCUT2D eigenvalue weighted by Crippen LogP contribution is -2.55. The Morgan fingerprint density at radius 3 is 2.63 bits per heavy atom. The minimum atomic E-state index is -4.10. The molecule has 1 amide bonds. The number of carbonyl (C=O) groups is 2. The fourth-order valence-corrected chi connectivity index (χ4v) is 5.65. The van der Waals surface area contributed by atoms with Crippen LogP contribution in [0.4, 0.5) is 5.69 Å². The first-order chi connectivity index (χ1) is 18.2. The smallest absolute Gasteiger partial charge is 0.323 e. The van der Waals surface area contributed by atoms with Crippen molar-refractivity contribution in [2.24, 2.45) is 4.99 Å². The van der Waals surface area contributed by atoms with Crippen LogP contribution in [0.1, 0.15) is 29.6 Å². The number of carbonyl (C=O) groups excluding carboxylic acids is 1. The highest BCUT2D eigenvalue weighted by molar-refractivity contribution is 7.89. The Balaban J connectivity index is 1.40. The van der Waals surface area contributed by atoms with E-state index in [1.165, 1.54) is 24.3 Å². The van der Waals surface area contributed by atoms with E-state index in [0.29, 0.717) is 24.6 Å². The molecule has 2 atom stereocenters. The lowest BCUT2D eigenvalue weighted by atomic mass is 10.1. The Labute approximate surface area is 221 Å². The van der Waals surface area contributed by atoms with Crippen molar-refractivity contribution in [3.05, 3.63) is 60.2 Å². The number of amides is 1. The van der Waals surface area contributed by atoms with Crippen molar-refractivity contribution in [2.45, 2.75) is 35.9 Å². The number of anilines is 1. The molecule has 4 rings (SSSR count). The van der Waals surface area contributed by atoms with E-state index in [1.807, 2.05) is 4.90 Å². The summed E-state index contributed by atoms with van der Waals surface area (Å²) < 4.78 is 27.2. The number of carboxylic acids is 1. The monoisotopic (exact) mass is 544 g/mol. The SMILES string of the molecule is O=C(NCC(NS(=O)(=O)c1ccccc1)C(=O)O)c1cccc(N2CCCC2(O)CNC2=NCCCN2)c1. The van der Waals surface area contributed by atoms with Crippen molar-refractivity contribution in [1.29, 1.82) is 0 Å². The maximum Gasteiger partial charge on any atom is 0.323 e. The Kier molecular flexibility index (Phi) is 8.49. The number of guanidine groups is 1. The maximum atomic E-state index is 12.9. The molecule has 2 aliphatic heterocycles. The summed E-state index contributed by atoms with van der Waals surface area (Å²) in [5, 5.41) is 29.7. The molecule has 0 spiro atoms. The maximum absolute atomic E-state index is 12.9. The standard InChI is InChI=1S/C25H32N6O6S/c32-22(28-16-21(23(33)34)30-38(36,37)20-9-2-1-3-10-20)18-7-4-8-19(15-18)31-14-5-11-25(31,35)17-29-24-26-12-6-13-27-24/h1-4,7-10,15,21,30,35H,5-6,11-14,16-17H2,(H,28,32)(H,33,34)(H2,26,27,29). The van der Waals surface area contributed by atoms with Crippen LogP contribution < -0.4 is 25.6 Å². The first-order valence-corrected chi connectivity index (χ1v) is 13.9. The molecule has 204 valence electrons. The van der Waals surface area contributed by atoms with Crippen molar-refractivity contribution in [2.75, 3.05) is 37.6 Å². The van der Waals surface area contributed by atoms with Gasteiger partial charge in [0.1, 0.15) is 6.04 Å². The zero-order valence-electron chi connectivity index (χ0n) is 20.8. The van der Waals surface area contributed by atoms with Gasteiger partial charge in [0.15, 0.2) is 11.7 Å².